The Morgan fingerprint density at radius 3 is 2.12 bits per heavy atom. The van der Waals surface area contributed by atoms with E-state index < -0.39 is 12.1 Å². The van der Waals surface area contributed by atoms with Crippen LogP contribution in [0.2, 0.25) is 0 Å². The topological polar surface area (TPSA) is 27.7 Å². The van der Waals surface area contributed by atoms with E-state index in [1.807, 2.05) is 13.8 Å². The maximum Gasteiger partial charge on any atom is 0.273 e. The summed E-state index contributed by atoms with van der Waals surface area (Å²) in [7, 11) is 0. The van der Waals surface area contributed by atoms with Crippen molar-refractivity contribution >= 4 is 0 Å². The van der Waals surface area contributed by atoms with Crippen molar-refractivity contribution in [1.82, 2.24) is 0 Å². The molecule has 1 saturated carbocycles. The third-order valence-corrected chi connectivity index (χ3v) is 2.85. The molecule has 0 bridgehead atoms. The van der Waals surface area contributed by atoms with E-state index in [-0.39, 0.29) is 0 Å². The van der Waals surface area contributed by atoms with Gasteiger partial charge in [-0.05, 0) is 39.5 Å². The summed E-state index contributed by atoms with van der Waals surface area (Å²) in [6, 6.07) is 0. The summed E-state index contributed by atoms with van der Waals surface area (Å²) in [5, 5.41) is 0. The molecule has 1 aliphatic rings. The van der Waals surface area contributed by atoms with E-state index in [0.29, 0.717) is 13.2 Å². The van der Waals surface area contributed by atoms with E-state index in [0.717, 1.165) is 25.7 Å². The minimum Gasteiger partial charge on any atom is -0.330 e. The zero-order valence-corrected chi connectivity index (χ0v) is 10.3. The fourth-order valence-corrected chi connectivity index (χ4v) is 1.99. The Hall–Kier alpha value is -0.560. The molecular weight excluding hydrogens is 204 g/mol. The van der Waals surface area contributed by atoms with Crippen LogP contribution in [0.15, 0.2) is 0 Å². The molecule has 16 heavy (non-hydrogen) atoms. The summed E-state index contributed by atoms with van der Waals surface area (Å²) in [5.74, 6) is 2.78. The van der Waals surface area contributed by atoms with Crippen LogP contribution in [0.25, 0.3) is 0 Å². The molecule has 0 aliphatic heterocycles. The Balaban J connectivity index is 2.55. The number of terminal acetylenes is 1. The number of rotatable bonds is 6. The maximum absolute atomic E-state index is 5.83. The van der Waals surface area contributed by atoms with Gasteiger partial charge in [0.2, 0.25) is 0 Å². The number of hydrogen-bond acceptors (Lipinski definition) is 3. The van der Waals surface area contributed by atoms with E-state index in [1.54, 1.807) is 0 Å². The van der Waals surface area contributed by atoms with Gasteiger partial charge in [0.15, 0.2) is 0 Å². The normalized spacial score (nSPS) is 19.6. The third-order valence-electron chi connectivity index (χ3n) is 2.85. The highest BCUT2D eigenvalue weighted by Crippen LogP contribution is 2.32. The first-order valence-corrected chi connectivity index (χ1v) is 6.15. The maximum atomic E-state index is 5.83. The minimum absolute atomic E-state index is 0.479. The van der Waals surface area contributed by atoms with Crippen LogP contribution in [-0.2, 0) is 14.2 Å². The van der Waals surface area contributed by atoms with E-state index in [2.05, 4.69) is 5.92 Å². The predicted molar refractivity (Wildman–Crippen MR) is 62.8 cm³/mol. The molecule has 1 rings (SSSR count). The summed E-state index contributed by atoms with van der Waals surface area (Å²) < 4.78 is 16.6. The van der Waals surface area contributed by atoms with Crippen LogP contribution >= 0.6 is 0 Å². The van der Waals surface area contributed by atoms with Crippen molar-refractivity contribution in [3.63, 3.8) is 0 Å². The molecule has 3 nitrogen and oxygen atoms in total. The van der Waals surface area contributed by atoms with Crippen LogP contribution in [0, 0.1) is 12.3 Å². The lowest BCUT2D eigenvalue weighted by Crippen LogP contribution is -2.39. The molecule has 0 aromatic heterocycles. The molecular formula is C13H22O3. The molecule has 0 aromatic rings. The van der Waals surface area contributed by atoms with Gasteiger partial charge in [0.1, 0.15) is 5.60 Å². The highest BCUT2D eigenvalue weighted by Gasteiger charge is 2.34. The Bertz CT molecular complexity index is 220. The van der Waals surface area contributed by atoms with Crippen LogP contribution in [0.5, 0.6) is 0 Å². The quantitative estimate of drug-likeness (QED) is 0.515. The SMILES string of the molecule is C#CC1(OC(OCC)OCC)CCCCC1. The van der Waals surface area contributed by atoms with Crippen LogP contribution in [-0.4, -0.2) is 25.3 Å². The van der Waals surface area contributed by atoms with Gasteiger partial charge in [0, 0.05) is 13.2 Å². The minimum atomic E-state index is -0.621. The first-order valence-electron chi connectivity index (χ1n) is 6.15. The monoisotopic (exact) mass is 226 g/mol. The molecule has 0 heterocycles. The van der Waals surface area contributed by atoms with Crippen LogP contribution in [0.3, 0.4) is 0 Å². The average molecular weight is 226 g/mol. The molecule has 0 amide bonds. The lowest BCUT2D eigenvalue weighted by Gasteiger charge is -2.35. The van der Waals surface area contributed by atoms with E-state index in [1.165, 1.54) is 6.42 Å². The molecule has 1 aliphatic carbocycles. The van der Waals surface area contributed by atoms with Crippen molar-refractivity contribution < 1.29 is 14.2 Å². The molecule has 3 heteroatoms. The second kappa shape index (κ2) is 6.90. The molecule has 0 N–H and O–H groups in total. The second-order valence-corrected chi connectivity index (χ2v) is 4.02. The molecule has 0 unspecified atom stereocenters. The largest absolute Gasteiger partial charge is 0.330 e. The summed E-state index contributed by atoms with van der Waals surface area (Å²) in [6.45, 7) is 4.33. The Morgan fingerprint density at radius 2 is 1.69 bits per heavy atom. The molecule has 1 fully saturated rings. The summed E-state index contributed by atoms with van der Waals surface area (Å²) >= 11 is 0. The zero-order valence-electron chi connectivity index (χ0n) is 10.3. The molecule has 0 spiro atoms. The van der Waals surface area contributed by atoms with Crippen molar-refractivity contribution in [2.75, 3.05) is 13.2 Å². The van der Waals surface area contributed by atoms with E-state index >= 15 is 0 Å². The fraction of sp³-hybridized carbons (Fsp3) is 0.846. The Labute approximate surface area is 98.5 Å². The molecule has 0 radical (unpaired) electrons. The van der Waals surface area contributed by atoms with Crippen molar-refractivity contribution in [3.05, 3.63) is 0 Å². The fourth-order valence-electron chi connectivity index (χ4n) is 1.99. The molecule has 92 valence electrons. The van der Waals surface area contributed by atoms with Gasteiger partial charge in [-0.15, -0.1) is 6.42 Å². The summed E-state index contributed by atoms with van der Waals surface area (Å²) in [6.07, 6.45) is 10.9. The number of ether oxygens (including phenoxy) is 3. The van der Waals surface area contributed by atoms with Crippen molar-refractivity contribution in [2.45, 2.75) is 58.0 Å². The van der Waals surface area contributed by atoms with Crippen LogP contribution in [0.1, 0.15) is 46.0 Å². The van der Waals surface area contributed by atoms with Gasteiger partial charge in [-0.2, -0.15) is 0 Å². The number of hydrogen-bond donors (Lipinski definition) is 0. The molecule has 0 saturated heterocycles. The van der Waals surface area contributed by atoms with Gasteiger partial charge in [-0.3, -0.25) is 0 Å². The van der Waals surface area contributed by atoms with E-state index in [4.69, 9.17) is 20.6 Å². The van der Waals surface area contributed by atoms with Crippen LogP contribution < -0.4 is 0 Å². The first-order chi connectivity index (χ1) is 7.76. The second-order valence-electron chi connectivity index (χ2n) is 4.02. The van der Waals surface area contributed by atoms with E-state index in [9.17, 15) is 0 Å². The third kappa shape index (κ3) is 3.79. The highest BCUT2D eigenvalue weighted by atomic mass is 16.8. The van der Waals surface area contributed by atoms with Gasteiger partial charge in [-0.1, -0.05) is 12.3 Å². The Kier molecular flexibility index (Phi) is 5.83. The van der Waals surface area contributed by atoms with Crippen molar-refractivity contribution in [2.24, 2.45) is 0 Å². The first kappa shape index (κ1) is 13.5. The summed E-state index contributed by atoms with van der Waals surface area (Å²) in [4.78, 5) is 0. The van der Waals surface area contributed by atoms with Gasteiger partial charge in [0.25, 0.3) is 6.48 Å². The zero-order chi connectivity index (χ0) is 11.9. The lowest BCUT2D eigenvalue weighted by molar-refractivity contribution is -0.318. The summed E-state index contributed by atoms with van der Waals surface area (Å²) in [5.41, 5.74) is -0.479. The van der Waals surface area contributed by atoms with Gasteiger partial charge < -0.3 is 14.2 Å². The van der Waals surface area contributed by atoms with Gasteiger partial charge in [0.05, 0.1) is 0 Å². The molecule has 0 atom stereocenters. The average Bonchev–Trinajstić information content (AvgIpc) is 2.31. The van der Waals surface area contributed by atoms with Gasteiger partial charge in [-0.25, -0.2) is 0 Å². The highest BCUT2D eigenvalue weighted by molar-refractivity contribution is 5.09. The predicted octanol–water partition coefficient (Wildman–Crippen LogP) is 2.70. The smallest absolute Gasteiger partial charge is 0.273 e. The standard InChI is InChI=1S/C13H22O3/c1-4-13(10-8-7-9-11-13)16-12(14-5-2)15-6-3/h1,12H,5-11H2,2-3H3. The lowest BCUT2D eigenvalue weighted by atomic mass is 9.85. The van der Waals surface area contributed by atoms with Crippen molar-refractivity contribution in [3.8, 4) is 12.3 Å². The van der Waals surface area contributed by atoms with Crippen LogP contribution in [0.4, 0.5) is 0 Å². The molecule has 0 aromatic carbocycles. The van der Waals surface area contributed by atoms with Crippen molar-refractivity contribution in [1.29, 1.82) is 0 Å². The van der Waals surface area contributed by atoms with Gasteiger partial charge >= 0.3 is 0 Å². The Morgan fingerprint density at radius 1 is 1.12 bits per heavy atom.